The van der Waals surface area contributed by atoms with Gasteiger partial charge in [-0.3, -0.25) is 0 Å². The Morgan fingerprint density at radius 2 is 2.37 bits per heavy atom. The number of hydrogen-bond donors (Lipinski definition) is 1. The third kappa shape index (κ3) is 2.64. The predicted octanol–water partition coefficient (Wildman–Crippen LogP) is 3.38. The summed E-state index contributed by atoms with van der Waals surface area (Å²) in [6.45, 7) is 2.59. The molecule has 19 heavy (non-hydrogen) atoms. The van der Waals surface area contributed by atoms with E-state index in [1.165, 1.54) is 29.1 Å². The highest BCUT2D eigenvalue weighted by Gasteiger charge is 2.32. The molecule has 1 fully saturated rings. The van der Waals surface area contributed by atoms with Gasteiger partial charge < -0.3 is 10.0 Å². The van der Waals surface area contributed by atoms with Crippen molar-refractivity contribution in [2.24, 2.45) is 0 Å². The van der Waals surface area contributed by atoms with Gasteiger partial charge in [0.25, 0.3) is 0 Å². The molecule has 0 amide bonds. The molecule has 0 unspecified atom stereocenters. The Bertz CT molecular complexity index is 588. The molecular formula is C13H14N2O2S2. The molecule has 3 rings (SSSR count). The van der Waals surface area contributed by atoms with Crippen LogP contribution in [0.3, 0.4) is 0 Å². The van der Waals surface area contributed by atoms with Crippen LogP contribution in [0, 0.1) is 6.92 Å². The van der Waals surface area contributed by atoms with Crippen LogP contribution in [-0.2, 0) is 6.54 Å². The van der Waals surface area contributed by atoms with Gasteiger partial charge in [0.05, 0.1) is 12.2 Å². The quantitative estimate of drug-likeness (QED) is 0.918. The third-order valence-corrected chi connectivity index (χ3v) is 5.16. The number of rotatable bonds is 5. The number of carbonyl (C=O) groups is 1. The van der Waals surface area contributed by atoms with E-state index in [0.717, 1.165) is 11.7 Å². The Balaban J connectivity index is 1.87. The Morgan fingerprint density at radius 1 is 1.58 bits per heavy atom. The lowest BCUT2D eigenvalue weighted by Gasteiger charge is -2.20. The first-order valence-corrected chi connectivity index (χ1v) is 7.84. The van der Waals surface area contributed by atoms with Crippen molar-refractivity contribution in [2.75, 3.05) is 4.90 Å². The summed E-state index contributed by atoms with van der Waals surface area (Å²) in [6, 6.07) is 4.67. The lowest BCUT2D eigenvalue weighted by Crippen LogP contribution is -2.24. The second kappa shape index (κ2) is 4.94. The molecule has 1 saturated carbocycles. The minimum Gasteiger partial charge on any atom is -0.477 e. The van der Waals surface area contributed by atoms with Crippen molar-refractivity contribution in [3.8, 4) is 0 Å². The number of carboxylic acids is 1. The van der Waals surface area contributed by atoms with E-state index in [4.69, 9.17) is 5.11 Å². The fourth-order valence-corrected chi connectivity index (χ4v) is 3.69. The van der Waals surface area contributed by atoms with Crippen molar-refractivity contribution >= 4 is 33.8 Å². The molecule has 100 valence electrons. The Morgan fingerprint density at radius 3 is 2.89 bits per heavy atom. The first kappa shape index (κ1) is 12.6. The highest BCUT2D eigenvalue weighted by molar-refractivity contribution is 7.17. The van der Waals surface area contributed by atoms with Crippen LogP contribution in [0.1, 0.15) is 33.1 Å². The van der Waals surface area contributed by atoms with Crippen LogP contribution in [-0.4, -0.2) is 22.1 Å². The molecule has 1 aliphatic rings. The molecule has 0 spiro atoms. The van der Waals surface area contributed by atoms with E-state index in [9.17, 15) is 4.79 Å². The highest BCUT2D eigenvalue weighted by atomic mass is 32.1. The highest BCUT2D eigenvalue weighted by Crippen LogP contribution is 2.36. The molecule has 0 radical (unpaired) electrons. The number of aryl methyl sites for hydroxylation is 1. The van der Waals surface area contributed by atoms with Gasteiger partial charge in [0.15, 0.2) is 5.13 Å². The molecular weight excluding hydrogens is 280 g/mol. The van der Waals surface area contributed by atoms with Crippen LogP contribution < -0.4 is 4.90 Å². The van der Waals surface area contributed by atoms with E-state index in [1.54, 1.807) is 18.3 Å². The van der Waals surface area contributed by atoms with E-state index >= 15 is 0 Å². The molecule has 2 aromatic heterocycles. The van der Waals surface area contributed by atoms with E-state index < -0.39 is 5.97 Å². The van der Waals surface area contributed by atoms with Crippen molar-refractivity contribution in [2.45, 2.75) is 32.4 Å². The van der Waals surface area contributed by atoms with Gasteiger partial charge in [-0.25, -0.2) is 9.78 Å². The monoisotopic (exact) mass is 294 g/mol. The van der Waals surface area contributed by atoms with Gasteiger partial charge in [0, 0.05) is 10.9 Å². The van der Waals surface area contributed by atoms with Crippen LogP contribution in [0.5, 0.6) is 0 Å². The minimum atomic E-state index is -0.881. The number of anilines is 1. The van der Waals surface area contributed by atoms with Crippen LogP contribution in [0.25, 0.3) is 0 Å². The number of aromatic nitrogens is 1. The molecule has 1 N–H and O–H groups in total. The first-order valence-electron chi connectivity index (χ1n) is 6.15. The summed E-state index contributed by atoms with van der Waals surface area (Å²) in [7, 11) is 0. The maximum absolute atomic E-state index is 11.1. The maximum Gasteiger partial charge on any atom is 0.347 e. The van der Waals surface area contributed by atoms with Crippen LogP contribution in [0.15, 0.2) is 17.5 Å². The predicted molar refractivity (Wildman–Crippen MR) is 77.3 cm³/mol. The molecule has 0 bridgehead atoms. The zero-order valence-corrected chi connectivity index (χ0v) is 12.1. The summed E-state index contributed by atoms with van der Waals surface area (Å²) in [6.07, 6.45) is 2.35. The van der Waals surface area contributed by atoms with Crippen molar-refractivity contribution < 1.29 is 9.90 Å². The molecule has 2 aromatic rings. The summed E-state index contributed by atoms with van der Waals surface area (Å²) in [5.74, 6) is -0.881. The van der Waals surface area contributed by atoms with Gasteiger partial charge in [-0.1, -0.05) is 17.4 Å². The number of carboxylic acid groups (broad SMARTS) is 1. The SMILES string of the molecule is Cc1nc(N(Cc2cccs2)C2CC2)sc1C(=O)O. The number of nitrogens with zero attached hydrogens (tertiary/aromatic N) is 2. The lowest BCUT2D eigenvalue weighted by molar-refractivity contribution is 0.0701. The van der Waals surface area contributed by atoms with E-state index in [2.05, 4.69) is 21.3 Å². The van der Waals surface area contributed by atoms with E-state index in [0.29, 0.717) is 16.6 Å². The van der Waals surface area contributed by atoms with Crippen molar-refractivity contribution in [3.05, 3.63) is 33.0 Å². The van der Waals surface area contributed by atoms with Crippen LogP contribution >= 0.6 is 22.7 Å². The van der Waals surface area contributed by atoms with Crippen LogP contribution in [0.2, 0.25) is 0 Å². The number of aromatic carboxylic acids is 1. The molecule has 0 aliphatic heterocycles. The van der Waals surface area contributed by atoms with Crippen molar-refractivity contribution in [1.29, 1.82) is 0 Å². The molecule has 0 aromatic carbocycles. The van der Waals surface area contributed by atoms with E-state index in [-0.39, 0.29) is 0 Å². The third-order valence-electron chi connectivity index (χ3n) is 3.12. The Hall–Kier alpha value is -1.40. The summed E-state index contributed by atoms with van der Waals surface area (Å²) >= 11 is 3.01. The Kier molecular flexibility index (Phi) is 3.28. The van der Waals surface area contributed by atoms with Gasteiger partial charge in [-0.05, 0) is 31.2 Å². The summed E-state index contributed by atoms with van der Waals surface area (Å²) in [4.78, 5) is 19.4. The zero-order chi connectivity index (χ0) is 13.4. The molecule has 0 atom stereocenters. The fraction of sp³-hybridized carbons (Fsp3) is 0.385. The van der Waals surface area contributed by atoms with E-state index in [1.807, 2.05) is 6.07 Å². The van der Waals surface area contributed by atoms with Crippen molar-refractivity contribution in [1.82, 2.24) is 4.98 Å². The number of thiophene rings is 1. The van der Waals surface area contributed by atoms with Gasteiger partial charge in [-0.15, -0.1) is 11.3 Å². The minimum absolute atomic E-state index is 0.354. The topological polar surface area (TPSA) is 53.4 Å². The van der Waals surface area contributed by atoms with Gasteiger partial charge in [-0.2, -0.15) is 0 Å². The second-order valence-electron chi connectivity index (χ2n) is 4.65. The van der Waals surface area contributed by atoms with Crippen LogP contribution in [0.4, 0.5) is 5.13 Å². The Labute approximate surface area is 119 Å². The summed E-state index contributed by atoms with van der Waals surface area (Å²) < 4.78 is 0. The smallest absolute Gasteiger partial charge is 0.347 e. The second-order valence-corrected chi connectivity index (χ2v) is 6.66. The van der Waals surface area contributed by atoms with Crippen molar-refractivity contribution in [3.63, 3.8) is 0 Å². The molecule has 2 heterocycles. The summed E-state index contributed by atoms with van der Waals surface area (Å²) in [5.41, 5.74) is 0.615. The normalized spacial score (nSPS) is 14.6. The largest absolute Gasteiger partial charge is 0.477 e. The lowest BCUT2D eigenvalue weighted by atomic mass is 10.4. The number of thiazole rings is 1. The molecule has 1 aliphatic carbocycles. The number of hydrogen-bond acceptors (Lipinski definition) is 5. The maximum atomic E-state index is 11.1. The average Bonchev–Trinajstić information content (AvgIpc) is 2.93. The molecule has 6 heteroatoms. The standard InChI is InChI=1S/C13H14N2O2S2/c1-8-11(12(16)17)19-13(14-8)15(9-4-5-9)7-10-3-2-6-18-10/h2-3,6,9H,4-5,7H2,1H3,(H,16,17). The van der Waals surface area contributed by atoms with Gasteiger partial charge in [0.2, 0.25) is 0 Å². The van der Waals surface area contributed by atoms with Gasteiger partial charge in [0.1, 0.15) is 4.88 Å². The molecule has 0 saturated heterocycles. The molecule has 4 nitrogen and oxygen atoms in total. The zero-order valence-electron chi connectivity index (χ0n) is 10.5. The van der Waals surface area contributed by atoms with Gasteiger partial charge >= 0.3 is 5.97 Å². The average molecular weight is 294 g/mol. The summed E-state index contributed by atoms with van der Waals surface area (Å²) in [5, 5.41) is 12.0. The fourth-order valence-electron chi connectivity index (χ4n) is 2.01. The first-order chi connectivity index (χ1) is 9.15.